The van der Waals surface area contributed by atoms with Gasteiger partial charge in [0.25, 0.3) is 0 Å². The Morgan fingerprint density at radius 3 is 2.11 bits per heavy atom. The minimum absolute atomic E-state index is 0.0581. The maximum absolute atomic E-state index is 9.52. The molecule has 0 amide bonds. The Kier molecular flexibility index (Phi) is 9.47. The molecule has 1 rings (SSSR count). The zero-order valence-electron chi connectivity index (χ0n) is 10.8. The quantitative estimate of drug-likeness (QED) is 0.374. The molecule has 0 bridgehead atoms. The van der Waals surface area contributed by atoms with Gasteiger partial charge in [0.1, 0.15) is 24.4 Å². The van der Waals surface area contributed by atoms with Crippen LogP contribution < -0.4 is 0 Å². The zero-order chi connectivity index (χ0) is 14.1. The lowest BCUT2D eigenvalue weighted by Crippen LogP contribution is -2.59. The van der Waals surface area contributed by atoms with Gasteiger partial charge in [-0.3, -0.25) is 0 Å². The number of hydrogen-bond donors (Lipinski definition) is 5. The number of ether oxygens (including phenoxy) is 2. The Hall–Kier alpha value is -0.280. The number of hydrogen-bond acceptors (Lipinski definition) is 7. The van der Waals surface area contributed by atoms with Gasteiger partial charge in [-0.1, -0.05) is 13.8 Å². The summed E-state index contributed by atoms with van der Waals surface area (Å²) in [6, 6.07) is 0. The summed E-state index contributed by atoms with van der Waals surface area (Å²) in [7, 11) is 0. The van der Waals surface area contributed by atoms with Crippen molar-refractivity contribution in [2.75, 3.05) is 19.8 Å². The van der Waals surface area contributed by atoms with E-state index in [1.54, 1.807) is 0 Å². The molecule has 18 heavy (non-hydrogen) atoms. The molecule has 0 aromatic carbocycles. The van der Waals surface area contributed by atoms with Gasteiger partial charge in [-0.05, 0) is 6.42 Å². The molecule has 0 aromatic rings. The average molecular weight is 268 g/mol. The molecule has 1 aliphatic heterocycles. The fourth-order valence-electron chi connectivity index (χ4n) is 1.47. The molecule has 110 valence electrons. The first-order valence-corrected chi connectivity index (χ1v) is 6.14. The van der Waals surface area contributed by atoms with Crippen LogP contribution in [0, 0.1) is 0 Å². The van der Waals surface area contributed by atoms with Crippen LogP contribution in [0.15, 0.2) is 0 Å². The molecule has 7 nitrogen and oxygen atoms in total. The van der Waals surface area contributed by atoms with Crippen molar-refractivity contribution in [3.63, 3.8) is 0 Å². The van der Waals surface area contributed by atoms with Crippen LogP contribution in [0.4, 0.5) is 0 Å². The average Bonchev–Trinajstić information content (AvgIpc) is 2.41. The van der Waals surface area contributed by atoms with Gasteiger partial charge in [0.05, 0.1) is 13.2 Å². The Balaban J connectivity index is 0.00000137. The van der Waals surface area contributed by atoms with E-state index in [1.165, 1.54) is 0 Å². The molecule has 5 N–H and O–H groups in total. The zero-order valence-corrected chi connectivity index (χ0v) is 10.8. The number of aliphatic hydroxyl groups is 5. The fourth-order valence-corrected chi connectivity index (χ4v) is 1.47. The molecule has 0 saturated carbocycles. The molecule has 5 atom stereocenters. The van der Waals surface area contributed by atoms with Gasteiger partial charge in [0, 0.05) is 6.61 Å². The lowest BCUT2D eigenvalue weighted by atomic mass is 9.99. The Labute approximate surface area is 107 Å². The van der Waals surface area contributed by atoms with Gasteiger partial charge in [0.15, 0.2) is 6.29 Å². The van der Waals surface area contributed by atoms with Gasteiger partial charge >= 0.3 is 0 Å². The van der Waals surface area contributed by atoms with Crippen molar-refractivity contribution in [3.05, 3.63) is 0 Å². The topological polar surface area (TPSA) is 120 Å². The van der Waals surface area contributed by atoms with Crippen LogP contribution in [0.1, 0.15) is 20.3 Å². The van der Waals surface area contributed by atoms with E-state index in [0.717, 1.165) is 0 Å². The van der Waals surface area contributed by atoms with Gasteiger partial charge in [-0.15, -0.1) is 0 Å². The molecule has 0 spiro atoms. The maximum Gasteiger partial charge on any atom is 0.186 e. The summed E-state index contributed by atoms with van der Waals surface area (Å²) in [6.45, 7) is 3.61. The molecule has 1 fully saturated rings. The van der Waals surface area contributed by atoms with Gasteiger partial charge in [-0.25, -0.2) is 0 Å². The largest absolute Gasteiger partial charge is 0.396 e. The molecule has 1 saturated heterocycles. The fraction of sp³-hybridized carbons (Fsp3) is 1.00. The predicted molar refractivity (Wildman–Crippen MR) is 62.8 cm³/mol. The van der Waals surface area contributed by atoms with Crippen LogP contribution in [0.3, 0.4) is 0 Å². The van der Waals surface area contributed by atoms with Crippen LogP contribution in [0.2, 0.25) is 0 Å². The first-order valence-electron chi connectivity index (χ1n) is 6.14. The van der Waals surface area contributed by atoms with Gasteiger partial charge < -0.3 is 35.0 Å². The van der Waals surface area contributed by atoms with Crippen LogP contribution in [-0.4, -0.2) is 76.1 Å². The number of aliphatic hydroxyl groups excluding tert-OH is 5. The highest BCUT2D eigenvalue weighted by Gasteiger charge is 2.43. The summed E-state index contributed by atoms with van der Waals surface area (Å²) in [5.74, 6) is 0. The van der Waals surface area contributed by atoms with Crippen molar-refractivity contribution in [2.24, 2.45) is 0 Å². The van der Waals surface area contributed by atoms with E-state index in [-0.39, 0.29) is 13.2 Å². The molecular weight excluding hydrogens is 244 g/mol. The summed E-state index contributed by atoms with van der Waals surface area (Å²) in [5.41, 5.74) is 0. The summed E-state index contributed by atoms with van der Waals surface area (Å²) < 4.78 is 10.1. The smallest absolute Gasteiger partial charge is 0.186 e. The molecule has 1 heterocycles. The van der Waals surface area contributed by atoms with Gasteiger partial charge in [0.2, 0.25) is 0 Å². The van der Waals surface area contributed by atoms with E-state index in [9.17, 15) is 15.3 Å². The van der Waals surface area contributed by atoms with Crippen molar-refractivity contribution < 1.29 is 35.0 Å². The van der Waals surface area contributed by atoms with Crippen molar-refractivity contribution in [2.45, 2.75) is 51.0 Å². The lowest BCUT2D eigenvalue weighted by molar-refractivity contribution is -0.301. The highest BCUT2D eigenvalue weighted by atomic mass is 16.7. The van der Waals surface area contributed by atoms with Crippen LogP contribution in [0.25, 0.3) is 0 Å². The molecule has 1 aliphatic rings. The van der Waals surface area contributed by atoms with E-state index < -0.39 is 37.3 Å². The first-order chi connectivity index (χ1) is 8.61. The van der Waals surface area contributed by atoms with E-state index in [1.807, 2.05) is 13.8 Å². The first kappa shape index (κ1) is 17.7. The molecule has 0 unspecified atom stereocenters. The predicted octanol–water partition coefficient (Wildman–Crippen LogP) is -1.79. The molecule has 0 aliphatic carbocycles. The van der Waals surface area contributed by atoms with Crippen LogP contribution in [0.5, 0.6) is 0 Å². The number of rotatable bonds is 5. The van der Waals surface area contributed by atoms with Crippen LogP contribution in [-0.2, 0) is 9.47 Å². The summed E-state index contributed by atoms with van der Waals surface area (Å²) in [4.78, 5) is 0. The second-order valence-electron chi connectivity index (χ2n) is 3.65. The van der Waals surface area contributed by atoms with Crippen molar-refractivity contribution >= 4 is 0 Å². The van der Waals surface area contributed by atoms with Crippen molar-refractivity contribution in [3.8, 4) is 0 Å². The van der Waals surface area contributed by atoms with E-state index >= 15 is 0 Å². The highest BCUT2D eigenvalue weighted by molar-refractivity contribution is 4.88. The third-order valence-corrected chi connectivity index (χ3v) is 2.43. The molecular formula is C11H24O7. The van der Waals surface area contributed by atoms with E-state index in [2.05, 4.69) is 0 Å². The SMILES string of the molecule is CC.OCCCO[C@H]1O[C@H](CO)[C@@H](O)[C@H](O)[C@@H]1O. The Morgan fingerprint density at radius 2 is 1.61 bits per heavy atom. The standard InChI is InChI=1S/C9H18O7.C2H6/c10-2-1-3-15-9-8(14)7(13)6(12)5(4-11)16-9;1-2/h5-14H,1-4H2;1-2H3/t5-,6-,7+,8+,9+;/m1./s1. The second kappa shape index (κ2) is 9.62. The molecule has 0 radical (unpaired) electrons. The summed E-state index contributed by atoms with van der Waals surface area (Å²) in [6.07, 6.45) is -5.88. The lowest BCUT2D eigenvalue weighted by Gasteiger charge is -2.39. The molecule has 0 aromatic heterocycles. The maximum atomic E-state index is 9.52. The highest BCUT2D eigenvalue weighted by Crippen LogP contribution is 2.21. The third kappa shape index (κ3) is 4.77. The van der Waals surface area contributed by atoms with Crippen molar-refractivity contribution in [1.29, 1.82) is 0 Å². The summed E-state index contributed by atoms with van der Waals surface area (Å²) in [5, 5.41) is 45.8. The monoisotopic (exact) mass is 268 g/mol. The minimum atomic E-state index is -1.43. The van der Waals surface area contributed by atoms with Crippen molar-refractivity contribution in [1.82, 2.24) is 0 Å². The van der Waals surface area contributed by atoms with E-state index in [4.69, 9.17) is 19.7 Å². The Morgan fingerprint density at radius 1 is 1.00 bits per heavy atom. The Bertz CT molecular complexity index is 200. The van der Waals surface area contributed by atoms with Gasteiger partial charge in [-0.2, -0.15) is 0 Å². The third-order valence-electron chi connectivity index (χ3n) is 2.43. The molecule has 7 heteroatoms. The minimum Gasteiger partial charge on any atom is -0.396 e. The summed E-state index contributed by atoms with van der Waals surface area (Å²) >= 11 is 0. The normalized spacial score (nSPS) is 35.8. The van der Waals surface area contributed by atoms with E-state index in [0.29, 0.717) is 6.42 Å². The van der Waals surface area contributed by atoms with Crippen LogP contribution >= 0.6 is 0 Å². The second-order valence-corrected chi connectivity index (χ2v) is 3.65.